The summed E-state index contributed by atoms with van der Waals surface area (Å²) in [7, 11) is 0. The molecule has 0 saturated heterocycles. The highest BCUT2D eigenvalue weighted by Crippen LogP contribution is 2.33. The zero-order valence-electron chi connectivity index (χ0n) is 9.31. The topological polar surface area (TPSA) is 91.4 Å². The van der Waals surface area contributed by atoms with Gasteiger partial charge in [0.2, 0.25) is 0 Å². The summed E-state index contributed by atoms with van der Waals surface area (Å²) in [5.41, 5.74) is 1.08. The normalized spacial score (nSPS) is 32.2. The zero-order chi connectivity index (χ0) is 12.9. The van der Waals surface area contributed by atoms with Crippen LogP contribution >= 0.6 is 11.6 Å². The molecule has 0 radical (unpaired) electrons. The van der Waals surface area contributed by atoms with Gasteiger partial charge in [0, 0.05) is 6.20 Å². The van der Waals surface area contributed by atoms with Gasteiger partial charge >= 0.3 is 0 Å². The van der Waals surface area contributed by atoms with Gasteiger partial charge in [0.25, 0.3) is 0 Å². The van der Waals surface area contributed by atoms with Gasteiger partial charge in [-0.15, -0.1) is 0 Å². The average molecular weight is 270 g/mol. The molecule has 2 heterocycles. The average Bonchev–Trinajstić information content (AvgIpc) is 2.88. The minimum atomic E-state index is -1.15. The molecule has 18 heavy (non-hydrogen) atoms. The Kier molecular flexibility index (Phi) is 2.74. The Morgan fingerprint density at radius 3 is 2.67 bits per heavy atom. The van der Waals surface area contributed by atoms with Crippen molar-refractivity contribution in [3.63, 3.8) is 0 Å². The van der Waals surface area contributed by atoms with Crippen LogP contribution in [-0.2, 0) is 0 Å². The van der Waals surface area contributed by atoms with E-state index in [0.29, 0.717) is 16.2 Å². The Hall–Kier alpha value is -1.21. The number of hydrogen-bond donors (Lipinski definition) is 3. The summed E-state index contributed by atoms with van der Waals surface area (Å²) in [6.07, 6.45) is 0.188. The highest BCUT2D eigenvalue weighted by atomic mass is 35.5. The van der Waals surface area contributed by atoms with Crippen LogP contribution in [0.2, 0.25) is 5.02 Å². The predicted octanol–water partition coefficient (Wildman–Crippen LogP) is 0.112. The number of nitrogens with zero attached hydrogens (tertiary/aromatic N) is 3. The molecule has 1 aliphatic carbocycles. The maximum Gasteiger partial charge on any atom is 0.161 e. The lowest BCUT2D eigenvalue weighted by atomic mass is 10.2. The minimum absolute atomic E-state index is 0.252. The van der Waals surface area contributed by atoms with Crippen LogP contribution in [0, 0.1) is 0 Å². The van der Waals surface area contributed by atoms with E-state index in [0.717, 1.165) is 0 Å². The Balaban J connectivity index is 2.08. The van der Waals surface area contributed by atoms with Gasteiger partial charge < -0.3 is 19.9 Å². The van der Waals surface area contributed by atoms with E-state index in [1.165, 1.54) is 6.33 Å². The molecular formula is C11H12ClN3O3. The highest BCUT2D eigenvalue weighted by Gasteiger charge is 2.42. The van der Waals surface area contributed by atoms with Crippen molar-refractivity contribution in [2.75, 3.05) is 0 Å². The van der Waals surface area contributed by atoms with E-state index in [9.17, 15) is 15.3 Å². The molecule has 1 aliphatic rings. The summed E-state index contributed by atoms with van der Waals surface area (Å²) in [6.45, 7) is 0. The monoisotopic (exact) mass is 269 g/mol. The van der Waals surface area contributed by atoms with Crippen molar-refractivity contribution in [1.29, 1.82) is 0 Å². The van der Waals surface area contributed by atoms with Crippen LogP contribution in [0.25, 0.3) is 11.2 Å². The van der Waals surface area contributed by atoms with Crippen LogP contribution in [0.15, 0.2) is 18.6 Å². The Labute approximate surface area is 107 Å². The smallest absolute Gasteiger partial charge is 0.161 e. The molecule has 1 saturated carbocycles. The molecule has 0 aromatic carbocycles. The maximum atomic E-state index is 9.91. The molecule has 2 aromatic rings. The number of halogens is 1. The summed E-state index contributed by atoms with van der Waals surface area (Å²) in [6, 6.07) is 1.18. The van der Waals surface area contributed by atoms with Crippen LogP contribution in [-0.4, -0.2) is 48.2 Å². The SMILES string of the molecule is O[C@@H]1[C@H](O)[C@@H](n2cnc3c(Cl)ccnc32)C[C@H]1O. The number of rotatable bonds is 1. The molecule has 0 aliphatic heterocycles. The van der Waals surface area contributed by atoms with Crippen LogP contribution in [0.4, 0.5) is 0 Å². The summed E-state index contributed by atoms with van der Waals surface area (Å²) in [5.74, 6) is 0. The van der Waals surface area contributed by atoms with Crippen molar-refractivity contribution in [1.82, 2.24) is 14.5 Å². The first-order valence-corrected chi connectivity index (χ1v) is 5.98. The zero-order valence-corrected chi connectivity index (χ0v) is 10.1. The summed E-state index contributed by atoms with van der Waals surface area (Å²) >= 11 is 5.99. The van der Waals surface area contributed by atoms with Crippen molar-refractivity contribution in [3.8, 4) is 0 Å². The van der Waals surface area contributed by atoms with E-state index in [-0.39, 0.29) is 6.42 Å². The Morgan fingerprint density at radius 1 is 1.22 bits per heavy atom. The molecule has 0 spiro atoms. The first kappa shape index (κ1) is 11.9. The van der Waals surface area contributed by atoms with Gasteiger partial charge in [0.1, 0.15) is 17.7 Å². The van der Waals surface area contributed by atoms with Crippen molar-refractivity contribution >= 4 is 22.8 Å². The van der Waals surface area contributed by atoms with E-state index >= 15 is 0 Å². The number of hydrogen-bond acceptors (Lipinski definition) is 5. The molecule has 96 valence electrons. The third kappa shape index (κ3) is 1.61. The second-order valence-electron chi connectivity index (χ2n) is 4.47. The lowest BCUT2D eigenvalue weighted by Gasteiger charge is -2.17. The number of pyridine rings is 1. The van der Waals surface area contributed by atoms with Gasteiger partial charge in [-0.25, -0.2) is 9.97 Å². The van der Waals surface area contributed by atoms with Gasteiger partial charge in [0.05, 0.1) is 23.5 Å². The van der Waals surface area contributed by atoms with E-state index in [1.807, 2.05) is 0 Å². The molecule has 1 fully saturated rings. The van der Waals surface area contributed by atoms with E-state index in [4.69, 9.17) is 11.6 Å². The summed E-state index contributed by atoms with van der Waals surface area (Å²) in [4.78, 5) is 8.31. The molecular weight excluding hydrogens is 258 g/mol. The van der Waals surface area contributed by atoms with Gasteiger partial charge in [-0.2, -0.15) is 0 Å². The molecule has 2 aromatic heterocycles. The lowest BCUT2D eigenvalue weighted by Crippen LogP contribution is -2.31. The van der Waals surface area contributed by atoms with Gasteiger partial charge in [-0.3, -0.25) is 0 Å². The second kappa shape index (κ2) is 4.17. The molecule has 6 nitrogen and oxygen atoms in total. The molecule has 4 atom stereocenters. The number of aromatic nitrogens is 3. The fraction of sp³-hybridized carbons (Fsp3) is 0.455. The summed E-state index contributed by atoms with van der Waals surface area (Å²) in [5, 5.41) is 29.5. The van der Waals surface area contributed by atoms with Gasteiger partial charge in [-0.1, -0.05) is 11.6 Å². The fourth-order valence-corrected chi connectivity index (χ4v) is 2.60. The first-order chi connectivity index (χ1) is 8.59. The predicted molar refractivity (Wildman–Crippen MR) is 64.2 cm³/mol. The molecule has 0 bridgehead atoms. The standard InChI is InChI=1S/C11H12ClN3O3/c12-5-1-2-13-11-8(5)14-4-15(11)6-3-7(16)10(18)9(6)17/h1-2,4,6-7,9-10,16-18H,3H2/t6-,7+,9+,10-/m0/s1. The molecule has 3 N–H and O–H groups in total. The molecule has 0 unspecified atom stereocenters. The number of imidazole rings is 1. The first-order valence-electron chi connectivity index (χ1n) is 5.61. The van der Waals surface area contributed by atoms with Crippen molar-refractivity contribution < 1.29 is 15.3 Å². The van der Waals surface area contributed by atoms with Crippen molar-refractivity contribution in [2.24, 2.45) is 0 Å². The van der Waals surface area contributed by atoms with Crippen LogP contribution in [0.3, 0.4) is 0 Å². The Morgan fingerprint density at radius 2 is 2.00 bits per heavy atom. The largest absolute Gasteiger partial charge is 0.390 e. The number of fused-ring (bicyclic) bond motifs is 1. The quantitative estimate of drug-likeness (QED) is 0.684. The van der Waals surface area contributed by atoms with E-state index in [2.05, 4.69) is 9.97 Å². The third-order valence-corrected chi connectivity index (χ3v) is 3.70. The van der Waals surface area contributed by atoms with Crippen molar-refractivity contribution in [3.05, 3.63) is 23.6 Å². The third-order valence-electron chi connectivity index (χ3n) is 3.39. The van der Waals surface area contributed by atoms with Crippen LogP contribution in [0.1, 0.15) is 12.5 Å². The fourth-order valence-electron chi connectivity index (χ4n) is 2.41. The maximum absolute atomic E-state index is 9.91. The number of aliphatic hydroxyl groups excluding tert-OH is 3. The number of aliphatic hydroxyl groups is 3. The Bertz CT molecular complexity index is 588. The second-order valence-corrected chi connectivity index (χ2v) is 4.88. The molecule has 7 heteroatoms. The van der Waals surface area contributed by atoms with E-state index in [1.54, 1.807) is 16.8 Å². The molecule has 0 amide bonds. The highest BCUT2D eigenvalue weighted by molar-refractivity contribution is 6.34. The summed E-state index contributed by atoms with van der Waals surface area (Å²) < 4.78 is 1.64. The van der Waals surface area contributed by atoms with Crippen molar-refractivity contribution in [2.45, 2.75) is 30.8 Å². The van der Waals surface area contributed by atoms with Crippen LogP contribution in [0.5, 0.6) is 0 Å². The van der Waals surface area contributed by atoms with Crippen LogP contribution < -0.4 is 0 Å². The molecule has 3 rings (SSSR count). The minimum Gasteiger partial charge on any atom is -0.390 e. The lowest BCUT2D eigenvalue weighted by molar-refractivity contribution is -0.0244. The van der Waals surface area contributed by atoms with Gasteiger partial charge in [0.15, 0.2) is 5.65 Å². The van der Waals surface area contributed by atoms with E-state index < -0.39 is 24.4 Å². The van der Waals surface area contributed by atoms with Gasteiger partial charge in [-0.05, 0) is 12.5 Å².